The van der Waals surface area contributed by atoms with Gasteiger partial charge in [-0.1, -0.05) is 27.2 Å². The third-order valence-electron chi connectivity index (χ3n) is 4.87. The number of carbonyl (C=O) groups is 2. The lowest BCUT2D eigenvalue weighted by atomic mass is 9.76. The first-order valence-electron chi connectivity index (χ1n) is 7.19. The molecule has 1 heterocycles. The van der Waals surface area contributed by atoms with Gasteiger partial charge < -0.3 is 15.3 Å². The first-order valence-corrected chi connectivity index (χ1v) is 7.19. The van der Waals surface area contributed by atoms with E-state index in [1.807, 2.05) is 13.8 Å². The van der Waals surface area contributed by atoms with E-state index in [0.717, 1.165) is 12.8 Å². The van der Waals surface area contributed by atoms with E-state index in [1.165, 1.54) is 0 Å². The van der Waals surface area contributed by atoms with Crippen LogP contribution in [0.4, 0.5) is 4.79 Å². The van der Waals surface area contributed by atoms with E-state index in [-0.39, 0.29) is 11.9 Å². The van der Waals surface area contributed by atoms with Crippen LogP contribution in [0.2, 0.25) is 0 Å². The molecule has 5 nitrogen and oxygen atoms in total. The maximum Gasteiger partial charge on any atom is 0.317 e. The summed E-state index contributed by atoms with van der Waals surface area (Å²) in [5.41, 5.74) is -0.773. The second-order valence-electron chi connectivity index (χ2n) is 6.25. The summed E-state index contributed by atoms with van der Waals surface area (Å²) in [6.07, 6.45) is 2.70. The van der Waals surface area contributed by atoms with Crippen LogP contribution in [0.25, 0.3) is 0 Å². The molecule has 0 aromatic rings. The highest BCUT2D eigenvalue weighted by Crippen LogP contribution is 2.39. The van der Waals surface area contributed by atoms with E-state index in [0.29, 0.717) is 31.5 Å². The van der Waals surface area contributed by atoms with Crippen LogP contribution in [0, 0.1) is 17.3 Å². The quantitative estimate of drug-likeness (QED) is 0.818. The molecule has 1 aliphatic heterocycles. The van der Waals surface area contributed by atoms with Gasteiger partial charge in [0.1, 0.15) is 0 Å². The van der Waals surface area contributed by atoms with Gasteiger partial charge in [0.25, 0.3) is 0 Å². The number of carboxylic acids is 1. The normalized spacial score (nSPS) is 33.6. The number of rotatable bonds is 4. The Bertz CT molecular complexity index is 383. The lowest BCUT2D eigenvalue weighted by molar-refractivity contribution is -0.150. The zero-order valence-electron chi connectivity index (χ0n) is 12.0. The van der Waals surface area contributed by atoms with Gasteiger partial charge in [0.2, 0.25) is 0 Å². The van der Waals surface area contributed by atoms with Crippen molar-refractivity contribution in [2.24, 2.45) is 17.3 Å². The van der Waals surface area contributed by atoms with Gasteiger partial charge in [-0.05, 0) is 24.7 Å². The maximum absolute atomic E-state index is 12.1. The summed E-state index contributed by atoms with van der Waals surface area (Å²) in [7, 11) is 0. The van der Waals surface area contributed by atoms with Crippen LogP contribution >= 0.6 is 0 Å². The van der Waals surface area contributed by atoms with Gasteiger partial charge in [0.05, 0.1) is 5.41 Å². The molecule has 3 unspecified atom stereocenters. The van der Waals surface area contributed by atoms with Crippen molar-refractivity contribution in [1.29, 1.82) is 0 Å². The van der Waals surface area contributed by atoms with Crippen molar-refractivity contribution in [2.75, 3.05) is 13.1 Å². The van der Waals surface area contributed by atoms with E-state index in [4.69, 9.17) is 0 Å². The zero-order valence-corrected chi connectivity index (χ0v) is 12.0. The van der Waals surface area contributed by atoms with Crippen molar-refractivity contribution in [1.82, 2.24) is 10.2 Å². The highest BCUT2D eigenvalue weighted by Gasteiger charge is 2.49. The SMILES string of the molecule is CCC1CC1NC(=O)N1CCC(C(=O)O)(C(C)C)C1. The molecule has 2 N–H and O–H groups in total. The molecule has 2 fully saturated rings. The Morgan fingerprint density at radius 3 is 2.58 bits per heavy atom. The molecule has 1 saturated heterocycles. The lowest BCUT2D eigenvalue weighted by Crippen LogP contribution is -2.44. The number of carboxylic acid groups (broad SMARTS) is 1. The van der Waals surface area contributed by atoms with Crippen LogP contribution < -0.4 is 5.32 Å². The third-order valence-corrected chi connectivity index (χ3v) is 4.87. The molecule has 2 aliphatic rings. The molecule has 0 aromatic carbocycles. The van der Waals surface area contributed by atoms with Crippen molar-refractivity contribution in [3.63, 3.8) is 0 Å². The number of amides is 2. The standard InChI is InChI=1S/C14H24N2O3/c1-4-10-7-11(10)15-13(19)16-6-5-14(8-16,9(2)3)12(17)18/h9-11H,4-8H2,1-3H3,(H,15,19)(H,17,18). The zero-order chi connectivity index (χ0) is 14.2. The van der Waals surface area contributed by atoms with E-state index in [9.17, 15) is 14.7 Å². The summed E-state index contributed by atoms with van der Waals surface area (Å²) in [4.78, 5) is 25.3. The van der Waals surface area contributed by atoms with Crippen LogP contribution in [0.5, 0.6) is 0 Å². The van der Waals surface area contributed by atoms with Gasteiger partial charge in [0, 0.05) is 19.1 Å². The number of likely N-dealkylation sites (tertiary alicyclic amines) is 1. The van der Waals surface area contributed by atoms with Gasteiger partial charge in [-0.3, -0.25) is 4.79 Å². The number of hydrogen-bond donors (Lipinski definition) is 2. The topological polar surface area (TPSA) is 69.6 Å². The molecule has 5 heteroatoms. The second-order valence-corrected chi connectivity index (χ2v) is 6.25. The molecular weight excluding hydrogens is 244 g/mol. The number of carbonyl (C=O) groups excluding carboxylic acids is 1. The molecule has 19 heavy (non-hydrogen) atoms. The number of nitrogens with one attached hydrogen (secondary N) is 1. The summed E-state index contributed by atoms with van der Waals surface area (Å²) < 4.78 is 0. The Hall–Kier alpha value is -1.26. The van der Waals surface area contributed by atoms with Gasteiger partial charge in [-0.25, -0.2) is 4.79 Å². The number of aliphatic carboxylic acids is 1. The van der Waals surface area contributed by atoms with Crippen molar-refractivity contribution >= 4 is 12.0 Å². The summed E-state index contributed by atoms with van der Waals surface area (Å²) in [5, 5.41) is 12.5. The van der Waals surface area contributed by atoms with Gasteiger partial charge in [-0.15, -0.1) is 0 Å². The lowest BCUT2D eigenvalue weighted by Gasteiger charge is -2.28. The average Bonchev–Trinajstić information content (AvgIpc) is 2.92. The van der Waals surface area contributed by atoms with E-state index in [2.05, 4.69) is 12.2 Å². The van der Waals surface area contributed by atoms with Crippen molar-refractivity contribution in [3.8, 4) is 0 Å². The highest BCUT2D eigenvalue weighted by atomic mass is 16.4. The molecule has 0 aromatic heterocycles. The molecule has 1 aliphatic carbocycles. The summed E-state index contributed by atoms with van der Waals surface area (Å²) >= 11 is 0. The smallest absolute Gasteiger partial charge is 0.317 e. The van der Waals surface area contributed by atoms with Crippen LogP contribution in [-0.4, -0.2) is 41.1 Å². The Balaban J connectivity index is 1.94. The van der Waals surface area contributed by atoms with E-state index in [1.54, 1.807) is 4.90 Å². The van der Waals surface area contributed by atoms with Crippen molar-refractivity contribution < 1.29 is 14.7 Å². The van der Waals surface area contributed by atoms with Crippen LogP contribution in [0.15, 0.2) is 0 Å². The summed E-state index contributed by atoms with van der Waals surface area (Å²) in [6, 6.07) is 0.209. The minimum atomic E-state index is -0.782. The van der Waals surface area contributed by atoms with Gasteiger partial charge >= 0.3 is 12.0 Å². The summed E-state index contributed by atoms with van der Waals surface area (Å²) in [6.45, 7) is 6.84. The molecule has 0 spiro atoms. The second kappa shape index (κ2) is 5.02. The molecule has 1 saturated carbocycles. The van der Waals surface area contributed by atoms with Gasteiger partial charge in [-0.2, -0.15) is 0 Å². The van der Waals surface area contributed by atoms with Crippen molar-refractivity contribution in [2.45, 2.75) is 46.1 Å². The fourth-order valence-electron chi connectivity index (χ4n) is 3.02. The fourth-order valence-corrected chi connectivity index (χ4v) is 3.02. The molecule has 3 atom stereocenters. The predicted molar refractivity (Wildman–Crippen MR) is 71.8 cm³/mol. The monoisotopic (exact) mass is 268 g/mol. The number of urea groups is 1. The molecule has 108 valence electrons. The molecule has 0 bridgehead atoms. The van der Waals surface area contributed by atoms with Gasteiger partial charge in [0.15, 0.2) is 0 Å². The van der Waals surface area contributed by atoms with Crippen LogP contribution in [0.1, 0.15) is 40.0 Å². The highest BCUT2D eigenvalue weighted by molar-refractivity contribution is 5.80. The largest absolute Gasteiger partial charge is 0.481 e. The molecular formula is C14H24N2O3. The fraction of sp³-hybridized carbons (Fsp3) is 0.857. The third kappa shape index (κ3) is 2.55. The van der Waals surface area contributed by atoms with Crippen molar-refractivity contribution in [3.05, 3.63) is 0 Å². The Kier molecular flexibility index (Phi) is 3.74. The summed E-state index contributed by atoms with van der Waals surface area (Å²) in [5.74, 6) is -0.136. The maximum atomic E-state index is 12.1. The molecule has 2 rings (SSSR count). The van der Waals surface area contributed by atoms with E-state index >= 15 is 0 Å². The predicted octanol–water partition coefficient (Wildman–Crippen LogP) is 1.93. The molecule has 2 amide bonds. The Labute approximate surface area is 114 Å². The Morgan fingerprint density at radius 2 is 2.16 bits per heavy atom. The molecule has 0 radical (unpaired) electrons. The van der Waals surface area contributed by atoms with Crippen LogP contribution in [0.3, 0.4) is 0 Å². The first kappa shape index (κ1) is 14.2. The van der Waals surface area contributed by atoms with Crippen LogP contribution in [-0.2, 0) is 4.79 Å². The minimum absolute atomic E-state index is 0.0344. The first-order chi connectivity index (χ1) is 8.90. The average molecular weight is 268 g/mol. The van der Waals surface area contributed by atoms with E-state index < -0.39 is 11.4 Å². The number of nitrogens with zero attached hydrogens (tertiary/aromatic N) is 1. The Morgan fingerprint density at radius 1 is 1.47 bits per heavy atom. The minimum Gasteiger partial charge on any atom is -0.481 e. The number of hydrogen-bond acceptors (Lipinski definition) is 2.